The van der Waals surface area contributed by atoms with Crippen molar-refractivity contribution in [3.63, 3.8) is 0 Å². The van der Waals surface area contributed by atoms with Crippen LogP contribution in [0.3, 0.4) is 0 Å². The Morgan fingerprint density at radius 1 is 1.26 bits per heavy atom. The molecule has 0 saturated carbocycles. The van der Waals surface area contributed by atoms with Crippen molar-refractivity contribution in [1.82, 2.24) is 9.66 Å². The molecule has 3 rings (SSSR count). The first-order valence-electron chi connectivity index (χ1n) is 8.74. The summed E-state index contributed by atoms with van der Waals surface area (Å²) in [6.45, 7) is 6.17. The van der Waals surface area contributed by atoms with Crippen molar-refractivity contribution in [3.05, 3.63) is 26.6 Å². The molecular formula is C18H25N3OS. The normalized spacial score (nSPS) is 15.5. The van der Waals surface area contributed by atoms with Gasteiger partial charge in [0.05, 0.1) is 5.39 Å². The smallest absolute Gasteiger partial charge is 0.267 e. The van der Waals surface area contributed by atoms with Gasteiger partial charge in [0.2, 0.25) is 0 Å². The van der Waals surface area contributed by atoms with Crippen molar-refractivity contribution in [2.45, 2.75) is 65.7 Å². The Morgan fingerprint density at radius 2 is 2.00 bits per heavy atom. The first-order valence-corrected chi connectivity index (χ1v) is 9.55. The van der Waals surface area contributed by atoms with E-state index in [1.54, 1.807) is 11.3 Å². The highest BCUT2D eigenvalue weighted by Crippen LogP contribution is 2.33. The average Bonchev–Trinajstić information content (AvgIpc) is 2.72. The molecule has 0 unspecified atom stereocenters. The quantitative estimate of drug-likeness (QED) is 0.619. The number of aromatic nitrogens is 2. The van der Waals surface area contributed by atoms with Gasteiger partial charge in [-0.1, -0.05) is 20.3 Å². The van der Waals surface area contributed by atoms with Crippen molar-refractivity contribution in [3.8, 4) is 0 Å². The number of aryl methyl sites for hydroxylation is 3. The van der Waals surface area contributed by atoms with E-state index in [1.165, 1.54) is 34.4 Å². The van der Waals surface area contributed by atoms with Crippen LogP contribution in [-0.2, 0) is 12.8 Å². The van der Waals surface area contributed by atoms with Gasteiger partial charge >= 0.3 is 0 Å². The van der Waals surface area contributed by atoms with Crippen molar-refractivity contribution >= 4 is 27.8 Å². The van der Waals surface area contributed by atoms with Crippen LogP contribution in [0.2, 0.25) is 0 Å². The molecule has 0 radical (unpaired) electrons. The summed E-state index contributed by atoms with van der Waals surface area (Å²) in [4.78, 5) is 19.9. The van der Waals surface area contributed by atoms with Crippen LogP contribution in [0.1, 0.15) is 62.2 Å². The second-order valence-electron chi connectivity index (χ2n) is 6.36. The lowest BCUT2D eigenvalue weighted by molar-refractivity contribution is 0.643. The van der Waals surface area contributed by atoms with E-state index in [0.29, 0.717) is 11.7 Å². The van der Waals surface area contributed by atoms with Gasteiger partial charge in [-0.25, -0.2) is 4.98 Å². The van der Waals surface area contributed by atoms with E-state index < -0.39 is 0 Å². The summed E-state index contributed by atoms with van der Waals surface area (Å²) in [6.07, 6.45) is 9.73. The number of hydrogen-bond acceptors (Lipinski definition) is 4. The highest BCUT2D eigenvalue weighted by molar-refractivity contribution is 7.18. The summed E-state index contributed by atoms with van der Waals surface area (Å²) in [7, 11) is 0. The van der Waals surface area contributed by atoms with Gasteiger partial charge in [-0.2, -0.15) is 9.78 Å². The van der Waals surface area contributed by atoms with Crippen LogP contribution in [0.4, 0.5) is 0 Å². The van der Waals surface area contributed by atoms with E-state index in [4.69, 9.17) is 0 Å². The van der Waals surface area contributed by atoms with Gasteiger partial charge in [0.25, 0.3) is 5.56 Å². The van der Waals surface area contributed by atoms with Crippen molar-refractivity contribution < 1.29 is 0 Å². The van der Waals surface area contributed by atoms with E-state index in [1.807, 2.05) is 13.1 Å². The number of hydrogen-bond donors (Lipinski definition) is 0. The molecule has 124 valence electrons. The molecule has 5 heteroatoms. The largest absolute Gasteiger partial charge is 0.283 e. The molecule has 2 aromatic heterocycles. The van der Waals surface area contributed by atoms with Gasteiger partial charge in [-0.05, 0) is 56.9 Å². The first-order chi connectivity index (χ1) is 11.2. The van der Waals surface area contributed by atoms with Gasteiger partial charge in [-0.15, -0.1) is 11.3 Å². The summed E-state index contributed by atoms with van der Waals surface area (Å²) in [5, 5.41) is 5.29. The lowest BCUT2D eigenvalue weighted by Crippen LogP contribution is -2.21. The van der Waals surface area contributed by atoms with Crippen molar-refractivity contribution in [2.75, 3.05) is 0 Å². The third-order valence-corrected chi connectivity index (χ3v) is 6.01. The molecule has 0 bridgehead atoms. The maximum atomic E-state index is 13.0. The Bertz CT molecular complexity index is 784. The highest BCUT2D eigenvalue weighted by Gasteiger charge is 2.20. The van der Waals surface area contributed by atoms with Crippen molar-refractivity contribution in [1.29, 1.82) is 0 Å². The summed E-state index contributed by atoms with van der Waals surface area (Å²) in [5.74, 6) is 1.10. The molecule has 0 fully saturated rings. The fourth-order valence-electron chi connectivity index (χ4n) is 3.27. The van der Waals surface area contributed by atoms with Gasteiger partial charge < -0.3 is 0 Å². The molecule has 2 heterocycles. The van der Waals surface area contributed by atoms with E-state index >= 15 is 0 Å². The minimum Gasteiger partial charge on any atom is -0.267 e. The van der Waals surface area contributed by atoms with Crippen LogP contribution in [0.25, 0.3) is 10.2 Å². The van der Waals surface area contributed by atoms with Crippen LogP contribution in [0.15, 0.2) is 9.90 Å². The number of nitrogens with zero attached hydrogens (tertiary/aromatic N) is 3. The first kappa shape index (κ1) is 16.4. The van der Waals surface area contributed by atoms with E-state index in [9.17, 15) is 4.79 Å². The number of rotatable bonds is 4. The SMILES string of the molecule is CCC(/C=N/n1c(C)nc2sc3c(c2c1=O)CCCCC3)CC. The second-order valence-corrected chi connectivity index (χ2v) is 7.45. The number of fused-ring (bicyclic) bond motifs is 3. The molecule has 0 saturated heterocycles. The van der Waals surface area contributed by atoms with Gasteiger partial charge in [-0.3, -0.25) is 4.79 Å². The monoisotopic (exact) mass is 331 g/mol. The topological polar surface area (TPSA) is 47.2 Å². The van der Waals surface area contributed by atoms with Crippen molar-refractivity contribution in [2.24, 2.45) is 11.0 Å². The molecular weight excluding hydrogens is 306 g/mol. The summed E-state index contributed by atoms with van der Waals surface area (Å²) in [5.41, 5.74) is 1.25. The average molecular weight is 331 g/mol. The predicted molar refractivity (Wildman–Crippen MR) is 97.8 cm³/mol. The Balaban J connectivity index is 2.13. The molecule has 2 aromatic rings. The summed E-state index contributed by atoms with van der Waals surface area (Å²) < 4.78 is 1.50. The molecule has 0 aromatic carbocycles. The van der Waals surface area contributed by atoms with Gasteiger partial charge in [0, 0.05) is 11.1 Å². The van der Waals surface area contributed by atoms with Gasteiger partial charge in [0.15, 0.2) is 0 Å². The Kier molecular flexibility index (Phi) is 4.95. The second kappa shape index (κ2) is 6.95. The van der Waals surface area contributed by atoms with E-state index in [2.05, 4.69) is 23.9 Å². The minimum atomic E-state index is 0.00843. The maximum absolute atomic E-state index is 13.0. The Hall–Kier alpha value is -1.49. The molecule has 1 aliphatic rings. The van der Waals surface area contributed by atoms with Gasteiger partial charge in [0.1, 0.15) is 10.7 Å². The zero-order valence-corrected chi connectivity index (χ0v) is 15.1. The Morgan fingerprint density at radius 3 is 2.74 bits per heavy atom. The van der Waals surface area contributed by atoms with Crippen LogP contribution in [-0.4, -0.2) is 15.9 Å². The highest BCUT2D eigenvalue weighted by atomic mass is 32.1. The third-order valence-electron chi connectivity index (χ3n) is 4.82. The van der Waals surface area contributed by atoms with Crippen LogP contribution >= 0.6 is 11.3 Å². The molecule has 0 N–H and O–H groups in total. The fraction of sp³-hybridized carbons (Fsp3) is 0.611. The van der Waals surface area contributed by atoms with Crippen LogP contribution in [0.5, 0.6) is 0 Å². The minimum absolute atomic E-state index is 0.00843. The number of thiophene rings is 1. The van der Waals surface area contributed by atoms with Crippen LogP contribution < -0.4 is 5.56 Å². The molecule has 4 nitrogen and oxygen atoms in total. The molecule has 23 heavy (non-hydrogen) atoms. The fourth-order valence-corrected chi connectivity index (χ4v) is 4.57. The third kappa shape index (κ3) is 3.11. The molecule has 0 amide bonds. The van der Waals surface area contributed by atoms with E-state index in [0.717, 1.165) is 35.9 Å². The predicted octanol–water partition coefficient (Wildman–Crippen LogP) is 4.31. The molecule has 1 aliphatic carbocycles. The van der Waals surface area contributed by atoms with Crippen LogP contribution in [0, 0.1) is 12.8 Å². The maximum Gasteiger partial charge on any atom is 0.283 e. The zero-order valence-electron chi connectivity index (χ0n) is 14.3. The molecule has 0 spiro atoms. The van der Waals surface area contributed by atoms with E-state index in [-0.39, 0.29) is 5.56 Å². The summed E-state index contributed by atoms with van der Waals surface area (Å²) >= 11 is 1.71. The lowest BCUT2D eigenvalue weighted by atomic mass is 10.1. The summed E-state index contributed by atoms with van der Waals surface area (Å²) in [6, 6.07) is 0. The zero-order chi connectivity index (χ0) is 16.4. The Labute approximate surface area is 141 Å². The molecule has 0 atom stereocenters. The lowest BCUT2D eigenvalue weighted by Gasteiger charge is -2.07. The molecule has 0 aliphatic heterocycles. The standard InChI is InChI=1S/C18H25N3OS/c1-4-13(5-2)11-19-21-12(3)20-17-16(18(21)22)14-9-7-6-8-10-15(14)23-17/h11,13H,4-10H2,1-3H3/b19-11+.